The maximum atomic E-state index is 12.7. The molecule has 1 atom stereocenters. The number of rotatable bonds is 4. The SMILES string of the molecule is CN(C)C1CCN(S(=O)(=O)c2ccc(Br)cc2OC(F)(F)F)C1. The molecule has 0 bridgehead atoms. The Morgan fingerprint density at radius 2 is 2.00 bits per heavy atom. The highest BCUT2D eigenvalue weighted by atomic mass is 79.9. The van der Waals surface area contributed by atoms with E-state index in [0.717, 1.165) is 12.1 Å². The summed E-state index contributed by atoms with van der Waals surface area (Å²) in [6.45, 7) is 0.490. The zero-order valence-corrected chi connectivity index (χ0v) is 14.9. The maximum absolute atomic E-state index is 12.7. The maximum Gasteiger partial charge on any atom is 0.573 e. The van der Waals surface area contributed by atoms with E-state index in [1.807, 2.05) is 19.0 Å². The molecular weight excluding hydrogens is 401 g/mol. The van der Waals surface area contributed by atoms with E-state index in [0.29, 0.717) is 10.9 Å². The van der Waals surface area contributed by atoms with E-state index in [1.165, 1.54) is 10.4 Å². The van der Waals surface area contributed by atoms with Crippen molar-refractivity contribution in [3.63, 3.8) is 0 Å². The first kappa shape index (κ1) is 18.5. The van der Waals surface area contributed by atoms with Crippen LogP contribution in [0.3, 0.4) is 0 Å². The third-order valence-corrected chi connectivity index (χ3v) is 6.00. The van der Waals surface area contributed by atoms with Crippen LogP contribution < -0.4 is 4.74 Å². The summed E-state index contributed by atoms with van der Waals surface area (Å²) in [7, 11) is -0.400. The van der Waals surface area contributed by atoms with E-state index in [9.17, 15) is 21.6 Å². The lowest BCUT2D eigenvalue weighted by molar-refractivity contribution is -0.275. The summed E-state index contributed by atoms with van der Waals surface area (Å²) in [6, 6.07) is 3.52. The molecule has 0 radical (unpaired) electrons. The van der Waals surface area contributed by atoms with Gasteiger partial charge in [-0.2, -0.15) is 4.31 Å². The molecule has 1 aromatic carbocycles. The third kappa shape index (κ3) is 4.37. The number of nitrogens with zero attached hydrogens (tertiary/aromatic N) is 2. The molecule has 1 unspecified atom stereocenters. The van der Waals surface area contributed by atoms with Crippen molar-refractivity contribution in [3.05, 3.63) is 22.7 Å². The zero-order valence-electron chi connectivity index (χ0n) is 12.5. The number of benzene rings is 1. The second-order valence-corrected chi connectivity index (χ2v) is 8.23. The van der Waals surface area contributed by atoms with Crippen molar-refractivity contribution in [2.75, 3.05) is 27.2 Å². The Balaban J connectivity index is 2.37. The Morgan fingerprint density at radius 3 is 2.52 bits per heavy atom. The van der Waals surface area contributed by atoms with Crippen LogP contribution in [0.25, 0.3) is 0 Å². The van der Waals surface area contributed by atoms with Gasteiger partial charge in [0.1, 0.15) is 4.90 Å². The second-order valence-electron chi connectivity index (χ2n) is 5.41. The van der Waals surface area contributed by atoms with Crippen molar-refractivity contribution in [2.45, 2.75) is 23.7 Å². The molecule has 10 heteroatoms. The number of hydrogen-bond donors (Lipinski definition) is 0. The fourth-order valence-corrected chi connectivity index (χ4v) is 4.32. The first-order valence-electron chi connectivity index (χ1n) is 6.72. The molecule has 5 nitrogen and oxygen atoms in total. The summed E-state index contributed by atoms with van der Waals surface area (Å²) in [4.78, 5) is 1.40. The van der Waals surface area contributed by atoms with Crippen LogP contribution in [0.5, 0.6) is 5.75 Å². The summed E-state index contributed by atoms with van der Waals surface area (Å²) in [5.41, 5.74) is 0. The quantitative estimate of drug-likeness (QED) is 0.756. The Labute approximate surface area is 141 Å². The average molecular weight is 417 g/mol. The lowest BCUT2D eigenvalue weighted by Crippen LogP contribution is -2.34. The van der Waals surface area contributed by atoms with Gasteiger partial charge in [-0.25, -0.2) is 8.42 Å². The van der Waals surface area contributed by atoms with Crippen LogP contribution in [-0.2, 0) is 10.0 Å². The number of halogens is 4. The second kappa shape index (κ2) is 6.58. The lowest BCUT2D eigenvalue weighted by Gasteiger charge is -2.21. The van der Waals surface area contributed by atoms with Gasteiger partial charge in [0, 0.05) is 23.6 Å². The number of sulfonamides is 1. The first-order valence-corrected chi connectivity index (χ1v) is 8.96. The van der Waals surface area contributed by atoms with Crippen molar-refractivity contribution in [2.24, 2.45) is 0 Å². The fourth-order valence-electron chi connectivity index (χ4n) is 2.39. The van der Waals surface area contributed by atoms with Crippen LogP contribution in [0.2, 0.25) is 0 Å². The molecule has 130 valence electrons. The van der Waals surface area contributed by atoms with Gasteiger partial charge in [-0.05, 0) is 38.7 Å². The lowest BCUT2D eigenvalue weighted by atomic mass is 10.2. The monoisotopic (exact) mass is 416 g/mol. The van der Waals surface area contributed by atoms with Gasteiger partial charge in [0.15, 0.2) is 5.75 Å². The molecule has 1 aliphatic rings. The summed E-state index contributed by atoms with van der Waals surface area (Å²) >= 11 is 3.02. The molecule has 2 rings (SSSR count). The number of alkyl halides is 3. The molecule has 1 aromatic rings. The molecule has 0 spiro atoms. The Bertz CT molecular complexity index is 680. The van der Waals surface area contributed by atoms with Gasteiger partial charge in [0.05, 0.1) is 0 Å². The van der Waals surface area contributed by atoms with Gasteiger partial charge in [-0.3, -0.25) is 0 Å². The molecular formula is C13H16BrF3N2O3S. The molecule has 0 aromatic heterocycles. The molecule has 0 saturated carbocycles. The van der Waals surface area contributed by atoms with Gasteiger partial charge in [0.25, 0.3) is 0 Å². The van der Waals surface area contributed by atoms with Gasteiger partial charge in [0.2, 0.25) is 10.0 Å². The number of hydrogen-bond acceptors (Lipinski definition) is 4. The van der Waals surface area contributed by atoms with Crippen LogP contribution >= 0.6 is 15.9 Å². The third-order valence-electron chi connectivity index (χ3n) is 3.61. The van der Waals surface area contributed by atoms with Crippen LogP contribution in [-0.4, -0.2) is 57.2 Å². The highest BCUT2D eigenvalue weighted by Crippen LogP contribution is 2.35. The van der Waals surface area contributed by atoms with Crippen molar-refractivity contribution >= 4 is 26.0 Å². The summed E-state index contributed by atoms with van der Waals surface area (Å²) in [5.74, 6) is -0.736. The van der Waals surface area contributed by atoms with E-state index >= 15 is 0 Å². The normalized spacial score (nSPS) is 20.2. The predicted molar refractivity (Wildman–Crippen MR) is 81.7 cm³/mol. The van der Waals surface area contributed by atoms with Crippen LogP contribution in [0, 0.1) is 0 Å². The first-order chi connectivity index (χ1) is 10.5. The molecule has 1 aliphatic heterocycles. The molecule has 0 amide bonds. The van der Waals surface area contributed by atoms with Crippen molar-refractivity contribution in [1.29, 1.82) is 0 Å². The predicted octanol–water partition coefficient (Wildman–Crippen LogP) is 2.67. The molecule has 1 fully saturated rings. The minimum Gasteiger partial charge on any atom is -0.404 e. The van der Waals surface area contributed by atoms with E-state index < -0.39 is 27.0 Å². The Hall–Kier alpha value is -0.840. The summed E-state index contributed by atoms with van der Waals surface area (Å²) in [5, 5.41) is 0. The topological polar surface area (TPSA) is 49.9 Å². The van der Waals surface area contributed by atoms with Gasteiger partial charge >= 0.3 is 6.36 Å². The van der Waals surface area contributed by atoms with E-state index in [1.54, 1.807) is 0 Å². The van der Waals surface area contributed by atoms with E-state index in [4.69, 9.17) is 0 Å². The van der Waals surface area contributed by atoms with E-state index in [2.05, 4.69) is 20.7 Å². The Kier molecular flexibility index (Phi) is 5.29. The van der Waals surface area contributed by atoms with Crippen LogP contribution in [0.4, 0.5) is 13.2 Å². The van der Waals surface area contributed by atoms with E-state index in [-0.39, 0.29) is 19.1 Å². The van der Waals surface area contributed by atoms with Crippen LogP contribution in [0.15, 0.2) is 27.6 Å². The Morgan fingerprint density at radius 1 is 1.35 bits per heavy atom. The number of ether oxygens (including phenoxy) is 1. The van der Waals surface area contributed by atoms with Crippen molar-refractivity contribution in [1.82, 2.24) is 9.21 Å². The smallest absolute Gasteiger partial charge is 0.404 e. The van der Waals surface area contributed by atoms with Crippen molar-refractivity contribution in [3.8, 4) is 5.75 Å². The van der Waals surface area contributed by atoms with Gasteiger partial charge in [-0.15, -0.1) is 13.2 Å². The minimum absolute atomic E-state index is 0.0345. The molecule has 0 aliphatic carbocycles. The molecule has 23 heavy (non-hydrogen) atoms. The number of likely N-dealkylation sites (N-methyl/N-ethyl adjacent to an activating group) is 1. The molecule has 1 saturated heterocycles. The summed E-state index contributed by atoms with van der Waals surface area (Å²) in [6.07, 6.45) is -4.35. The van der Waals surface area contributed by atoms with Gasteiger partial charge in [-0.1, -0.05) is 15.9 Å². The largest absolute Gasteiger partial charge is 0.573 e. The standard InChI is InChI=1S/C13H16BrF3N2O3S/c1-18(2)10-5-6-19(8-10)23(20,21)12-4-3-9(14)7-11(12)22-13(15,16)17/h3-4,7,10H,5-6,8H2,1-2H3. The van der Waals surface area contributed by atoms with Crippen molar-refractivity contribution < 1.29 is 26.3 Å². The average Bonchev–Trinajstić information content (AvgIpc) is 2.86. The zero-order chi connectivity index (χ0) is 17.4. The molecule has 0 N–H and O–H groups in total. The summed E-state index contributed by atoms with van der Waals surface area (Å²) < 4.78 is 68.3. The fraction of sp³-hybridized carbons (Fsp3) is 0.538. The highest BCUT2D eigenvalue weighted by Gasteiger charge is 2.38. The minimum atomic E-state index is -4.97. The van der Waals surface area contributed by atoms with Gasteiger partial charge < -0.3 is 9.64 Å². The molecule has 1 heterocycles. The highest BCUT2D eigenvalue weighted by molar-refractivity contribution is 9.10. The van der Waals surface area contributed by atoms with Crippen LogP contribution in [0.1, 0.15) is 6.42 Å².